The monoisotopic (exact) mass is 212 g/mol. The van der Waals surface area contributed by atoms with Crippen LogP contribution in [-0.4, -0.2) is 42.1 Å². The molecule has 2 N–H and O–H groups in total. The first-order valence-corrected chi connectivity index (χ1v) is 5.68. The molecule has 1 saturated carbocycles. The molecule has 0 aromatic heterocycles. The summed E-state index contributed by atoms with van der Waals surface area (Å²) >= 11 is 0. The zero-order valence-corrected chi connectivity index (χ0v) is 9.53. The van der Waals surface area contributed by atoms with E-state index in [0.29, 0.717) is 25.5 Å². The fourth-order valence-corrected chi connectivity index (χ4v) is 2.17. The van der Waals surface area contributed by atoms with Gasteiger partial charge in [-0.15, -0.1) is 0 Å². The van der Waals surface area contributed by atoms with E-state index in [1.807, 2.05) is 18.7 Å². The molecule has 1 aliphatic carbocycles. The Morgan fingerprint density at radius 2 is 2.20 bits per heavy atom. The van der Waals surface area contributed by atoms with Crippen LogP contribution in [0.3, 0.4) is 0 Å². The SMILES string of the molecule is CC1(C)CN(C(=O)C2CC2)CC(CN)O1. The summed E-state index contributed by atoms with van der Waals surface area (Å²) in [5.41, 5.74) is 5.36. The van der Waals surface area contributed by atoms with Gasteiger partial charge < -0.3 is 15.4 Å². The number of carbonyl (C=O) groups is 1. The summed E-state index contributed by atoms with van der Waals surface area (Å²) in [7, 11) is 0. The second kappa shape index (κ2) is 3.76. The second-order valence-corrected chi connectivity index (χ2v) is 5.23. The summed E-state index contributed by atoms with van der Waals surface area (Å²) in [6.07, 6.45) is 2.12. The number of hydrogen-bond acceptors (Lipinski definition) is 3. The molecule has 0 spiro atoms. The molecule has 1 heterocycles. The van der Waals surface area contributed by atoms with Crippen LogP contribution in [0.15, 0.2) is 0 Å². The van der Waals surface area contributed by atoms with Crippen LogP contribution in [0.5, 0.6) is 0 Å². The first-order chi connectivity index (χ1) is 7.02. The minimum absolute atomic E-state index is 0.00329. The average molecular weight is 212 g/mol. The number of nitrogens with two attached hydrogens (primary N) is 1. The lowest BCUT2D eigenvalue weighted by molar-refractivity contribution is -0.160. The number of hydrogen-bond donors (Lipinski definition) is 1. The molecule has 1 amide bonds. The van der Waals surface area contributed by atoms with E-state index in [1.54, 1.807) is 0 Å². The van der Waals surface area contributed by atoms with Crippen LogP contribution in [0.1, 0.15) is 26.7 Å². The molecule has 0 aromatic carbocycles. The maximum absolute atomic E-state index is 11.9. The molecule has 4 heteroatoms. The Morgan fingerprint density at radius 1 is 1.53 bits per heavy atom. The Bertz CT molecular complexity index is 261. The lowest BCUT2D eigenvalue weighted by atomic mass is 10.0. The van der Waals surface area contributed by atoms with Gasteiger partial charge in [-0.1, -0.05) is 0 Å². The lowest BCUT2D eigenvalue weighted by Gasteiger charge is -2.42. The third kappa shape index (κ3) is 2.49. The van der Waals surface area contributed by atoms with E-state index < -0.39 is 0 Å². The summed E-state index contributed by atoms with van der Waals surface area (Å²) in [6, 6.07) is 0. The van der Waals surface area contributed by atoms with Crippen molar-refractivity contribution < 1.29 is 9.53 Å². The van der Waals surface area contributed by atoms with Crippen LogP contribution in [0, 0.1) is 5.92 Å². The summed E-state index contributed by atoms with van der Waals surface area (Å²) in [4.78, 5) is 13.9. The quantitative estimate of drug-likeness (QED) is 0.719. The Kier molecular flexibility index (Phi) is 2.73. The first kappa shape index (κ1) is 10.9. The summed E-state index contributed by atoms with van der Waals surface area (Å²) in [5, 5.41) is 0. The van der Waals surface area contributed by atoms with Crippen molar-refractivity contribution in [3.8, 4) is 0 Å². The predicted molar refractivity (Wildman–Crippen MR) is 57.3 cm³/mol. The molecule has 86 valence electrons. The molecule has 2 fully saturated rings. The number of nitrogens with zero attached hydrogens (tertiary/aromatic N) is 1. The maximum atomic E-state index is 11.9. The van der Waals surface area contributed by atoms with E-state index in [2.05, 4.69) is 0 Å². The van der Waals surface area contributed by atoms with Gasteiger partial charge in [0.1, 0.15) is 0 Å². The second-order valence-electron chi connectivity index (χ2n) is 5.23. The molecule has 1 atom stereocenters. The highest BCUT2D eigenvalue weighted by atomic mass is 16.5. The number of morpholine rings is 1. The molecule has 15 heavy (non-hydrogen) atoms. The van der Waals surface area contributed by atoms with E-state index in [-0.39, 0.29) is 17.6 Å². The van der Waals surface area contributed by atoms with Gasteiger partial charge in [-0.25, -0.2) is 0 Å². The van der Waals surface area contributed by atoms with E-state index in [0.717, 1.165) is 12.8 Å². The maximum Gasteiger partial charge on any atom is 0.225 e. The van der Waals surface area contributed by atoms with Crippen LogP contribution in [0.2, 0.25) is 0 Å². The van der Waals surface area contributed by atoms with Crippen LogP contribution < -0.4 is 5.73 Å². The van der Waals surface area contributed by atoms with E-state index in [4.69, 9.17) is 10.5 Å². The predicted octanol–water partition coefficient (Wildman–Crippen LogP) is 0.361. The van der Waals surface area contributed by atoms with Gasteiger partial charge in [0.25, 0.3) is 0 Å². The van der Waals surface area contributed by atoms with Gasteiger partial charge in [0.15, 0.2) is 0 Å². The fraction of sp³-hybridized carbons (Fsp3) is 0.909. The van der Waals surface area contributed by atoms with Gasteiger partial charge in [0.2, 0.25) is 5.91 Å². The van der Waals surface area contributed by atoms with Gasteiger partial charge in [-0.05, 0) is 26.7 Å². The van der Waals surface area contributed by atoms with Crippen molar-refractivity contribution in [2.24, 2.45) is 11.7 Å². The molecule has 0 radical (unpaired) electrons. The molecule has 0 bridgehead atoms. The first-order valence-electron chi connectivity index (χ1n) is 5.68. The average Bonchev–Trinajstić information content (AvgIpc) is 2.97. The Labute approximate surface area is 90.8 Å². The summed E-state index contributed by atoms with van der Waals surface area (Å²) in [5.74, 6) is 0.585. The molecule has 2 aliphatic rings. The largest absolute Gasteiger partial charge is 0.367 e. The molecule has 1 aliphatic heterocycles. The van der Waals surface area contributed by atoms with E-state index in [1.165, 1.54) is 0 Å². The van der Waals surface area contributed by atoms with Crippen molar-refractivity contribution in [1.29, 1.82) is 0 Å². The van der Waals surface area contributed by atoms with Crippen LogP contribution in [0.25, 0.3) is 0 Å². The van der Waals surface area contributed by atoms with Crippen LogP contribution in [-0.2, 0) is 9.53 Å². The summed E-state index contributed by atoms with van der Waals surface area (Å²) < 4.78 is 5.78. The zero-order valence-electron chi connectivity index (χ0n) is 9.53. The van der Waals surface area contributed by atoms with Gasteiger partial charge in [-0.2, -0.15) is 0 Å². The topological polar surface area (TPSA) is 55.6 Å². The minimum atomic E-state index is -0.257. The molecule has 4 nitrogen and oxygen atoms in total. The third-order valence-corrected chi connectivity index (χ3v) is 2.98. The Hall–Kier alpha value is -0.610. The Balaban J connectivity index is 2.01. The summed E-state index contributed by atoms with van der Waals surface area (Å²) in [6.45, 7) is 5.87. The standard InChI is InChI=1S/C11H20N2O2/c1-11(2)7-13(6-9(5-12)15-11)10(14)8-3-4-8/h8-9H,3-7,12H2,1-2H3. The lowest BCUT2D eigenvalue weighted by Crippen LogP contribution is -2.56. The third-order valence-electron chi connectivity index (χ3n) is 2.98. The highest BCUT2D eigenvalue weighted by Gasteiger charge is 2.40. The zero-order chi connectivity index (χ0) is 11.1. The molecular weight excluding hydrogens is 192 g/mol. The molecule has 1 saturated heterocycles. The number of carbonyl (C=O) groups excluding carboxylic acids is 1. The van der Waals surface area contributed by atoms with Crippen molar-refractivity contribution in [3.63, 3.8) is 0 Å². The molecule has 1 unspecified atom stereocenters. The van der Waals surface area contributed by atoms with Crippen LogP contribution >= 0.6 is 0 Å². The van der Waals surface area contributed by atoms with Crippen molar-refractivity contribution in [2.45, 2.75) is 38.4 Å². The van der Waals surface area contributed by atoms with E-state index in [9.17, 15) is 4.79 Å². The van der Waals surface area contributed by atoms with Gasteiger partial charge >= 0.3 is 0 Å². The van der Waals surface area contributed by atoms with Gasteiger partial charge in [0.05, 0.1) is 11.7 Å². The molecule has 0 aromatic rings. The van der Waals surface area contributed by atoms with Crippen molar-refractivity contribution in [1.82, 2.24) is 4.90 Å². The van der Waals surface area contributed by atoms with E-state index >= 15 is 0 Å². The van der Waals surface area contributed by atoms with Gasteiger partial charge in [-0.3, -0.25) is 4.79 Å². The highest BCUT2D eigenvalue weighted by molar-refractivity contribution is 5.81. The molecule has 2 rings (SSSR count). The van der Waals surface area contributed by atoms with Crippen molar-refractivity contribution in [2.75, 3.05) is 19.6 Å². The highest BCUT2D eigenvalue weighted by Crippen LogP contribution is 2.33. The smallest absolute Gasteiger partial charge is 0.225 e. The minimum Gasteiger partial charge on any atom is -0.367 e. The normalized spacial score (nSPS) is 30.3. The van der Waals surface area contributed by atoms with Gasteiger partial charge in [0, 0.05) is 25.6 Å². The molecular formula is C11H20N2O2. The van der Waals surface area contributed by atoms with Crippen molar-refractivity contribution in [3.05, 3.63) is 0 Å². The number of ether oxygens (including phenoxy) is 1. The Morgan fingerprint density at radius 3 is 2.73 bits per heavy atom. The number of rotatable bonds is 2. The van der Waals surface area contributed by atoms with Crippen molar-refractivity contribution >= 4 is 5.91 Å². The fourth-order valence-electron chi connectivity index (χ4n) is 2.17. The van der Waals surface area contributed by atoms with Crippen LogP contribution in [0.4, 0.5) is 0 Å². The number of amides is 1.